The Morgan fingerprint density at radius 1 is 1.25 bits per heavy atom. The van der Waals surface area contributed by atoms with Gasteiger partial charge in [0.15, 0.2) is 11.6 Å². The van der Waals surface area contributed by atoms with E-state index in [0.29, 0.717) is 25.9 Å². The fourth-order valence-corrected chi connectivity index (χ4v) is 3.85. The molecule has 1 aliphatic heterocycles. The lowest BCUT2D eigenvalue weighted by Crippen LogP contribution is -2.47. The van der Waals surface area contributed by atoms with Gasteiger partial charge >= 0.3 is 12.1 Å². The predicted octanol–water partition coefficient (Wildman–Crippen LogP) is 3.73. The molecule has 1 N–H and O–H groups in total. The molecule has 0 radical (unpaired) electrons. The van der Waals surface area contributed by atoms with Crippen LogP contribution >= 0.6 is 11.6 Å². The number of carbonyl (C=O) groups excluding carboxylic acids is 2. The van der Waals surface area contributed by atoms with E-state index in [0.717, 1.165) is 11.8 Å². The number of halogens is 2. The van der Waals surface area contributed by atoms with E-state index in [9.17, 15) is 14.0 Å². The van der Waals surface area contributed by atoms with Crippen LogP contribution in [0.15, 0.2) is 36.5 Å². The van der Waals surface area contributed by atoms with E-state index in [1.165, 1.54) is 0 Å². The molecule has 172 valence electrons. The highest BCUT2D eigenvalue weighted by molar-refractivity contribution is 6.28. The Hall–Kier alpha value is -2.94. The maximum atomic E-state index is 14.1. The van der Waals surface area contributed by atoms with Crippen LogP contribution in [0.3, 0.4) is 0 Å². The Balaban J connectivity index is 1.60. The number of amides is 1. The molecule has 1 unspecified atom stereocenters. The van der Waals surface area contributed by atoms with Gasteiger partial charge in [-0.15, -0.1) is 0 Å². The summed E-state index contributed by atoms with van der Waals surface area (Å²) in [5.41, 5.74) is 0.864. The van der Waals surface area contributed by atoms with Gasteiger partial charge < -0.3 is 19.7 Å². The zero-order chi connectivity index (χ0) is 22.9. The van der Waals surface area contributed by atoms with Gasteiger partial charge in [0.05, 0.1) is 19.2 Å². The quantitative estimate of drug-likeness (QED) is 0.470. The van der Waals surface area contributed by atoms with Crippen molar-refractivity contribution in [2.45, 2.75) is 38.8 Å². The molecule has 8 nitrogen and oxygen atoms in total. The van der Waals surface area contributed by atoms with Crippen molar-refractivity contribution in [3.8, 4) is 0 Å². The molecule has 2 heterocycles. The van der Waals surface area contributed by atoms with E-state index in [4.69, 9.17) is 21.1 Å². The van der Waals surface area contributed by atoms with Gasteiger partial charge in [-0.3, -0.25) is 4.79 Å². The summed E-state index contributed by atoms with van der Waals surface area (Å²) in [6.45, 7) is 3.11. The van der Waals surface area contributed by atoms with E-state index in [-0.39, 0.29) is 36.7 Å². The van der Waals surface area contributed by atoms with Crippen molar-refractivity contribution in [2.24, 2.45) is 5.92 Å². The molecule has 32 heavy (non-hydrogen) atoms. The van der Waals surface area contributed by atoms with Gasteiger partial charge in [-0.1, -0.05) is 30.3 Å². The van der Waals surface area contributed by atoms with Crippen LogP contribution in [0.25, 0.3) is 0 Å². The van der Waals surface area contributed by atoms with E-state index in [1.807, 2.05) is 30.3 Å². The normalized spacial score (nSPS) is 15.2. The first-order chi connectivity index (χ1) is 15.5. The minimum atomic E-state index is -0.598. The summed E-state index contributed by atoms with van der Waals surface area (Å²) in [4.78, 5) is 33.9. The average molecular weight is 465 g/mol. The Kier molecular flexibility index (Phi) is 8.61. The standard InChI is InChI=1S/C22H26ClFN4O4/c1-2-31-19(29)12-18(26-22(30)32-14-15-6-4-3-5-7-15)16-8-10-28(11-9-16)20-17(24)13-25-21(23)27-20/h3-7,13,16,18H,2,8-12,14H2,1H3,(H,26,30). The lowest BCUT2D eigenvalue weighted by molar-refractivity contribution is -0.144. The van der Waals surface area contributed by atoms with Crippen LogP contribution in [-0.2, 0) is 20.9 Å². The summed E-state index contributed by atoms with van der Waals surface area (Å²) in [6.07, 6.45) is 1.71. The monoisotopic (exact) mass is 464 g/mol. The highest BCUT2D eigenvalue weighted by atomic mass is 35.5. The lowest BCUT2D eigenvalue weighted by atomic mass is 9.87. The summed E-state index contributed by atoms with van der Waals surface area (Å²) in [5.74, 6) is -0.795. The number of alkyl carbamates (subject to hydrolysis) is 1. The average Bonchev–Trinajstić information content (AvgIpc) is 2.80. The second-order valence-electron chi connectivity index (χ2n) is 7.46. The summed E-state index contributed by atoms with van der Waals surface area (Å²) >= 11 is 5.81. The molecule has 0 spiro atoms. The van der Waals surface area contributed by atoms with Crippen molar-refractivity contribution in [2.75, 3.05) is 24.6 Å². The molecule has 1 atom stereocenters. The number of nitrogens with one attached hydrogen (secondary N) is 1. The van der Waals surface area contributed by atoms with Crippen LogP contribution in [0.1, 0.15) is 31.7 Å². The maximum Gasteiger partial charge on any atom is 0.407 e. The first-order valence-corrected chi connectivity index (χ1v) is 10.9. The summed E-state index contributed by atoms with van der Waals surface area (Å²) in [5, 5.41) is 2.80. The van der Waals surface area contributed by atoms with Gasteiger partial charge in [0.1, 0.15) is 6.61 Å². The van der Waals surface area contributed by atoms with Crippen molar-refractivity contribution >= 4 is 29.5 Å². The number of benzene rings is 1. The zero-order valence-electron chi connectivity index (χ0n) is 17.8. The fraction of sp³-hybridized carbons (Fsp3) is 0.455. The lowest BCUT2D eigenvalue weighted by Gasteiger charge is -2.36. The van der Waals surface area contributed by atoms with Crippen LogP contribution in [0.5, 0.6) is 0 Å². The van der Waals surface area contributed by atoms with Crippen LogP contribution in [0, 0.1) is 11.7 Å². The number of carbonyl (C=O) groups is 2. The predicted molar refractivity (Wildman–Crippen MR) is 117 cm³/mol. The zero-order valence-corrected chi connectivity index (χ0v) is 18.6. The molecule has 10 heteroatoms. The third-order valence-electron chi connectivity index (χ3n) is 5.31. The van der Waals surface area contributed by atoms with Crippen molar-refractivity contribution in [1.29, 1.82) is 0 Å². The number of hydrogen-bond donors (Lipinski definition) is 1. The minimum absolute atomic E-state index is 0.0136. The third kappa shape index (κ3) is 6.78. The molecular weight excluding hydrogens is 439 g/mol. The first kappa shape index (κ1) is 23.7. The van der Waals surface area contributed by atoms with Crippen LogP contribution in [-0.4, -0.2) is 47.8 Å². The Morgan fingerprint density at radius 3 is 2.66 bits per heavy atom. The molecule has 3 rings (SSSR count). The number of rotatable bonds is 8. The minimum Gasteiger partial charge on any atom is -0.466 e. The van der Waals surface area contributed by atoms with E-state index in [1.54, 1.807) is 11.8 Å². The summed E-state index contributed by atoms with van der Waals surface area (Å²) in [7, 11) is 0. The number of aromatic nitrogens is 2. The number of piperidine rings is 1. The molecule has 2 aromatic rings. The van der Waals surface area contributed by atoms with Crippen LogP contribution in [0.4, 0.5) is 15.0 Å². The largest absolute Gasteiger partial charge is 0.466 e. The molecule has 1 amide bonds. The molecule has 1 saturated heterocycles. The number of anilines is 1. The molecule has 0 bridgehead atoms. The number of esters is 1. The summed E-state index contributed by atoms with van der Waals surface area (Å²) < 4.78 is 24.5. The second kappa shape index (κ2) is 11.6. The highest BCUT2D eigenvalue weighted by Gasteiger charge is 2.31. The molecule has 0 aliphatic carbocycles. The maximum absolute atomic E-state index is 14.1. The van der Waals surface area contributed by atoms with E-state index in [2.05, 4.69) is 15.3 Å². The van der Waals surface area contributed by atoms with Gasteiger partial charge in [0.2, 0.25) is 5.28 Å². The van der Waals surface area contributed by atoms with Crippen LogP contribution in [0.2, 0.25) is 5.28 Å². The van der Waals surface area contributed by atoms with Crippen molar-refractivity contribution < 1.29 is 23.5 Å². The molecule has 1 aromatic carbocycles. The molecule has 1 fully saturated rings. The van der Waals surface area contributed by atoms with Crippen molar-refractivity contribution in [3.05, 3.63) is 53.2 Å². The van der Waals surface area contributed by atoms with Crippen molar-refractivity contribution in [3.63, 3.8) is 0 Å². The fourth-order valence-electron chi connectivity index (χ4n) is 3.72. The van der Waals surface area contributed by atoms with Gasteiger partial charge in [-0.05, 0) is 42.8 Å². The molecule has 0 saturated carbocycles. The van der Waals surface area contributed by atoms with Gasteiger partial charge in [0, 0.05) is 19.1 Å². The highest BCUT2D eigenvalue weighted by Crippen LogP contribution is 2.27. The smallest absolute Gasteiger partial charge is 0.407 e. The SMILES string of the molecule is CCOC(=O)CC(NC(=O)OCc1ccccc1)C1CCN(c2nc(Cl)ncc2F)CC1. The first-order valence-electron chi connectivity index (χ1n) is 10.5. The van der Waals surface area contributed by atoms with Crippen molar-refractivity contribution in [1.82, 2.24) is 15.3 Å². The Labute approximate surface area is 191 Å². The van der Waals surface area contributed by atoms with E-state index < -0.39 is 23.9 Å². The number of nitrogens with zero attached hydrogens (tertiary/aromatic N) is 3. The molecular formula is C22H26ClFN4O4. The van der Waals surface area contributed by atoms with Gasteiger partial charge in [-0.25, -0.2) is 14.2 Å². The Morgan fingerprint density at radius 2 is 1.97 bits per heavy atom. The number of ether oxygens (including phenoxy) is 2. The molecule has 1 aromatic heterocycles. The van der Waals surface area contributed by atoms with Gasteiger partial charge in [-0.2, -0.15) is 4.98 Å². The second-order valence-corrected chi connectivity index (χ2v) is 7.79. The van der Waals surface area contributed by atoms with E-state index >= 15 is 0 Å². The Bertz CT molecular complexity index is 910. The number of hydrogen-bond acceptors (Lipinski definition) is 7. The van der Waals surface area contributed by atoms with Crippen LogP contribution < -0.4 is 10.2 Å². The topological polar surface area (TPSA) is 93.6 Å². The van der Waals surface area contributed by atoms with Gasteiger partial charge in [0.25, 0.3) is 0 Å². The third-order valence-corrected chi connectivity index (χ3v) is 5.49. The summed E-state index contributed by atoms with van der Waals surface area (Å²) in [6, 6.07) is 8.86. The molecule has 1 aliphatic rings.